The molecule has 100 valence electrons. The minimum Gasteiger partial charge on any atom is -0.282 e. The van der Waals surface area contributed by atoms with Crippen molar-refractivity contribution < 1.29 is 4.79 Å². The monoisotopic (exact) mass is 264 g/mol. The Kier molecular flexibility index (Phi) is 5.94. The molecule has 0 amide bonds. The van der Waals surface area contributed by atoms with Gasteiger partial charge in [0.15, 0.2) is 0 Å². The average molecular weight is 264 g/mol. The fraction of sp³-hybridized carbons (Fsp3) is 0.562. The molecule has 0 heterocycles. The third-order valence-corrected chi connectivity index (χ3v) is 3.83. The highest BCUT2D eigenvalue weighted by atomic mass is 32.2. The van der Waals surface area contributed by atoms with Gasteiger partial charge in [-0.3, -0.25) is 4.79 Å². The van der Waals surface area contributed by atoms with E-state index in [0.717, 1.165) is 17.7 Å². The van der Waals surface area contributed by atoms with Gasteiger partial charge in [0.2, 0.25) is 5.12 Å². The molecule has 0 bridgehead atoms. The second-order valence-electron chi connectivity index (χ2n) is 6.02. The molecule has 0 saturated heterocycles. The van der Waals surface area contributed by atoms with E-state index in [1.54, 1.807) is 0 Å². The van der Waals surface area contributed by atoms with Crippen molar-refractivity contribution in [3.63, 3.8) is 0 Å². The maximum absolute atomic E-state index is 11.9. The van der Waals surface area contributed by atoms with Crippen LogP contribution in [0.4, 0.5) is 0 Å². The number of carbonyl (C=O) groups is 1. The van der Waals surface area contributed by atoms with E-state index in [4.69, 9.17) is 0 Å². The molecule has 0 aliphatic rings. The molecular weight excluding hydrogens is 240 g/mol. The Morgan fingerprint density at radius 3 is 2.28 bits per heavy atom. The molecule has 0 unspecified atom stereocenters. The molecule has 0 spiro atoms. The van der Waals surface area contributed by atoms with Crippen molar-refractivity contribution in [1.82, 2.24) is 0 Å². The minimum atomic E-state index is 0.200. The second-order valence-corrected chi connectivity index (χ2v) is 7.09. The van der Waals surface area contributed by atoms with Gasteiger partial charge in [-0.2, -0.15) is 0 Å². The van der Waals surface area contributed by atoms with Crippen molar-refractivity contribution in [1.29, 1.82) is 0 Å². The van der Waals surface area contributed by atoms with Gasteiger partial charge in [0.25, 0.3) is 0 Å². The van der Waals surface area contributed by atoms with Crippen molar-refractivity contribution in [2.45, 2.75) is 47.0 Å². The number of rotatable bonds is 5. The van der Waals surface area contributed by atoms with Gasteiger partial charge in [-0.1, -0.05) is 68.8 Å². The van der Waals surface area contributed by atoms with E-state index < -0.39 is 0 Å². The van der Waals surface area contributed by atoms with Crippen LogP contribution in [0, 0.1) is 12.3 Å². The van der Waals surface area contributed by atoms with Crippen LogP contribution in [0.5, 0.6) is 0 Å². The third-order valence-electron chi connectivity index (χ3n) is 2.84. The summed E-state index contributed by atoms with van der Waals surface area (Å²) in [5.74, 6) is 0.933. The SMILES string of the molecule is Cc1ccc(C(=O)SCCCCC(C)(C)C)cc1. The molecule has 0 atom stereocenters. The van der Waals surface area contributed by atoms with Crippen LogP contribution in [-0.4, -0.2) is 10.9 Å². The lowest BCUT2D eigenvalue weighted by atomic mass is 9.90. The zero-order valence-corrected chi connectivity index (χ0v) is 12.8. The van der Waals surface area contributed by atoms with Crippen LogP contribution < -0.4 is 0 Å². The van der Waals surface area contributed by atoms with Crippen LogP contribution in [0.25, 0.3) is 0 Å². The van der Waals surface area contributed by atoms with Crippen molar-refractivity contribution in [3.05, 3.63) is 35.4 Å². The summed E-state index contributed by atoms with van der Waals surface area (Å²) >= 11 is 1.45. The molecule has 0 aliphatic carbocycles. The smallest absolute Gasteiger partial charge is 0.219 e. The van der Waals surface area contributed by atoms with Gasteiger partial charge < -0.3 is 0 Å². The first kappa shape index (κ1) is 15.3. The number of aryl methyl sites for hydroxylation is 1. The predicted octanol–water partition coefficient (Wildman–Crippen LogP) is 5.08. The first-order valence-corrected chi connectivity index (χ1v) is 7.61. The molecule has 0 fully saturated rings. The molecule has 2 heteroatoms. The second kappa shape index (κ2) is 6.98. The number of thioether (sulfide) groups is 1. The maximum atomic E-state index is 11.9. The van der Waals surface area contributed by atoms with Gasteiger partial charge >= 0.3 is 0 Å². The summed E-state index contributed by atoms with van der Waals surface area (Å²) in [5.41, 5.74) is 2.43. The molecule has 0 aromatic heterocycles. The van der Waals surface area contributed by atoms with Crippen molar-refractivity contribution in [3.8, 4) is 0 Å². The standard InChI is InChI=1S/C16H24OS/c1-13-7-9-14(10-8-13)15(17)18-12-6-5-11-16(2,3)4/h7-10H,5-6,11-12H2,1-4H3. The summed E-state index contributed by atoms with van der Waals surface area (Å²) in [4.78, 5) is 11.9. The molecule has 1 aromatic rings. The molecule has 0 saturated carbocycles. The molecule has 18 heavy (non-hydrogen) atoms. The van der Waals surface area contributed by atoms with E-state index in [9.17, 15) is 4.79 Å². The Bertz CT molecular complexity index is 373. The first-order valence-electron chi connectivity index (χ1n) is 6.62. The Balaban J connectivity index is 2.24. The summed E-state index contributed by atoms with van der Waals surface area (Å²) in [7, 11) is 0. The summed E-state index contributed by atoms with van der Waals surface area (Å²) in [6.45, 7) is 8.82. The Labute approximate surface area is 115 Å². The molecule has 0 N–H and O–H groups in total. The zero-order chi connectivity index (χ0) is 13.6. The van der Waals surface area contributed by atoms with Crippen molar-refractivity contribution in [2.24, 2.45) is 5.41 Å². The lowest BCUT2D eigenvalue weighted by molar-refractivity contribution is 0.108. The molecule has 0 radical (unpaired) electrons. The number of unbranched alkanes of at least 4 members (excludes halogenated alkanes) is 1. The zero-order valence-electron chi connectivity index (χ0n) is 12.0. The lowest BCUT2D eigenvalue weighted by Gasteiger charge is -2.17. The van der Waals surface area contributed by atoms with Crippen molar-refractivity contribution >= 4 is 16.9 Å². The fourth-order valence-corrected chi connectivity index (χ4v) is 2.53. The van der Waals surface area contributed by atoms with E-state index in [1.807, 2.05) is 31.2 Å². The normalized spacial score (nSPS) is 11.6. The first-order chi connectivity index (χ1) is 8.38. The van der Waals surface area contributed by atoms with E-state index in [0.29, 0.717) is 5.41 Å². The van der Waals surface area contributed by atoms with Gasteiger partial charge in [0.05, 0.1) is 0 Å². The quantitative estimate of drug-likeness (QED) is 0.689. The summed E-state index contributed by atoms with van der Waals surface area (Å²) in [6, 6.07) is 7.82. The van der Waals surface area contributed by atoms with Crippen LogP contribution >= 0.6 is 11.8 Å². The molecule has 1 aromatic carbocycles. The molecule has 1 nitrogen and oxygen atoms in total. The van der Waals surface area contributed by atoms with E-state index in [1.165, 1.54) is 30.2 Å². The Morgan fingerprint density at radius 1 is 1.11 bits per heavy atom. The fourth-order valence-electron chi connectivity index (χ4n) is 1.70. The van der Waals surface area contributed by atoms with E-state index in [2.05, 4.69) is 20.8 Å². The highest BCUT2D eigenvalue weighted by Crippen LogP contribution is 2.23. The number of hydrogen-bond donors (Lipinski definition) is 0. The third kappa shape index (κ3) is 6.25. The molecule has 0 aliphatic heterocycles. The van der Waals surface area contributed by atoms with E-state index in [-0.39, 0.29) is 5.12 Å². The molecular formula is C16H24OS. The Hall–Kier alpha value is -0.760. The summed E-state index contributed by atoms with van der Waals surface area (Å²) < 4.78 is 0. The van der Waals surface area contributed by atoms with Crippen molar-refractivity contribution in [2.75, 3.05) is 5.75 Å². The highest BCUT2D eigenvalue weighted by molar-refractivity contribution is 8.14. The van der Waals surface area contributed by atoms with Gasteiger partial charge in [-0.15, -0.1) is 0 Å². The average Bonchev–Trinajstić information content (AvgIpc) is 2.27. The van der Waals surface area contributed by atoms with Crippen LogP contribution in [-0.2, 0) is 0 Å². The van der Waals surface area contributed by atoms with Crippen LogP contribution in [0.15, 0.2) is 24.3 Å². The van der Waals surface area contributed by atoms with Crippen LogP contribution in [0.3, 0.4) is 0 Å². The largest absolute Gasteiger partial charge is 0.282 e. The number of benzene rings is 1. The maximum Gasteiger partial charge on any atom is 0.219 e. The van der Waals surface area contributed by atoms with E-state index >= 15 is 0 Å². The van der Waals surface area contributed by atoms with Crippen LogP contribution in [0.2, 0.25) is 0 Å². The summed E-state index contributed by atoms with van der Waals surface area (Å²) in [5, 5.41) is 0.200. The van der Waals surface area contributed by atoms with Crippen LogP contribution in [0.1, 0.15) is 56.0 Å². The predicted molar refractivity (Wildman–Crippen MR) is 81.3 cm³/mol. The van der Waals surface area contributed by atoms with Gasteiger partial charge in [-0.25, -0.2) is 0 Å². The topological polar surface area (TPSA) is 17.1 Å². The van der Waals surface area contributed by atoms with Gasteiger partial charge in [0.1, 0.15) is 0 Å². The molecule has 1 rings (SSSR count). The van der Waals surface area contributed by atoms with Gasteiger partial charge in [-0.05, 0) is 25.2 Å². The number of hydrogen-bond acceptors (Lipinski definition) is 2. The highest BCUT2D eigenvalue weighted by Gasteiger charge is 2.10. The minimum absolute atomic E-state index is 0.200. The number of carbonyl (C=O) groups excluding carboxylic acids is 1. The van der Waals surface area contributed by atoms with Gasteiger partial charge in [0, 0.05) is 11.3 Å². The Morgan fingerprint density at radius 2 is 1.72 bits per heavy atom. The lowest BCUT2D eigenvalue weighted by Crippen LogP contribution is -2.04. The summed E-state index contributed by atoms with van der Waals surface area (Å²) in [6.07, 6.45) is 3.56.